The third kappa shape index (κ3) is 5.77. The summed E-state index contributed by atoms with van der Waals surface area (Å²) in [4.78, 5) is 14.7. The van der Waals surface area contributed by atoms with E-state index in [-0.39, 0.29) is 5.91 Å². The summed E-state index contributed by atoms with van der Waals surface area (Å²) in [6.07, 6.45) is 4.62. The minimum absolute atomic E-state index is 0.108. The molecule has 0 aliphatic carbocycles. The lowest BCUT2D eigenvalue weighted by atomic mass is 10.0. The second-order valence-corrected chi connectivity index (χ2v) is 7.79. The van der Waals surface area contributed by atoms with E-state index in [1.54, 1.807) is 7.11 Å². The molecule has 2 aliphatic heterocycles. The van der Waals surface area contributed by atoms with Gasteiger partial charge in [-0.2, -0.15) is 5.10 Å². The van der Waals surface area contributed by atoms with Crippen molar-refractivity contribution >= 4 is 5.91 Å². The molecule has 7 heteroatoms. The standard InChI is InChI=1S/C20H34N4O3/c1-16-4-3-9-23(14-16)10-8-21-20(25)6-5-18-17-15-27-12-7-19(17)24(22-18)11-13-26-2/h16H,3-15H2,1-2H3,(H,21,25). The lowest BCUT2D eigenvalue weighted by Crippen LogP contribution is -2.40. The highest BCUT2D eigenvalue weighted by Gasteiger charge is 2.21. The Bertz CT molecular complexity index is 617. The summed E-state index contributed by atoms with van der Waals surface area (Å²) < 4.78 is 12.8. The number of aryl methyl sites for hydroxylation is 1. The fraction of sp³-hybridized carbons (Fsp3) is 0.800. The van der Waals surface area contributed by atoms with Crippen LogP contribution < -0.4 is 5.32 Å². The van der Waals surface area contributed by atoms with Crippen LogP contribution >= 0.6 is 0 Å². The predicted molar refractivity (Wildman–Crippen MR) is 104 cm³/mol. The summed E-state index contributed by atoms with van der Waals surface area (Å²) in [5.41, 5.74) is 3.42. The first-order valence-corrected chi connectivity index (χ1v) is 10.3. The van der Waals surface area contributed by atoms with E-state index in [1.165, 1.54) is 24.1 Å². The number of carbonyl (C=O) groups is 1. The number of piperidine rings is 1. The van der Waals surface area contributed by atoms with Crippen molar-refractivity contribution in [3.8, 4) is 0 Å². The minimum atomic E-state index is 0.108. The number of carbonyl (C=O) groups excluding carboxylic acids is 1. The molecule has 2 aliphatic rings. The zero-order valence-corrected chi connectivity index (χ0v) is 16.8. The van der Waals surface area contributed by atoms with Gasteiger partial charge in [0.05, 0.1) is 32.1 Å². The van der Waals surface area contributed by atoms with Crippen molar-refractivity contribution in [2.75, 3.05) is 46.5 Å². The lowest BCUT2D eigenvalue weighted by molar-refractivity contribution is -0.121. The third-order valence-electron chi connectivity index (χ3n) is 5.57. The number of ether oxygens (including phenoxy) is 2. The van der Waals surface area contributed by atoms with Crippen LogP contribution in [0.5, 0.6) is 0 Å². The van der Waals surface area contributed by atoms with Crippen molar-refractivity contribution in [1.29, 1.82) is 0 Å². The number of hydrogen-bond donors (Lipinski definition) is 1. The Kier molecular flexibility index (Phi) is 7.67. The second kappa shape index (κ2) is 10.2. The molecule has 1 aromatic rings. The van der Waals surface area contributed by atoms with Crippen molar-refractivity contribution in [1.82, 2.24) is 20.0 Å². The minimum Gasteiger partial charge on any atom is -0.383 e. The topological polar surface area (TPSA) is 68.6 Å². The smallest absolute Gasteiger partial charge is 0.220 e. The van der Waals surface area contributed by atoms with E-state index in [1.807, 2.05) is 4.68 Å². The SMILES string of the molecule is COCCn1nc(CCC(=O)NCCN2CCCC(C)C2)c2c1CCOC2. The summed E-state index contributed by atoms with van der Waals surface area (Å²) in [5, 5.41) is 7.80. The predicted octanol–water partition coefficient (Wildman–Crippen LogP) is 1.38. The number of nitrogens with zero attached hydrogens (tertiary/aromatic N) is 3. The van der Waals surface area contributed by atoms with E-state index >= 15 is 0 Å². The number of likely N-dealkylation sites (tertiary alicyclic amines) is 1. The largest absolute Gasteiger partial charge is 0.383 e. The van der Waals surface area contributed by atoms with Gasteiger partial charge in [0.15, 0.2) is 0 Å². The maximum atomic E-state index is 12.3. The van der Waals surface area contributed by atoms with E-state index in [2.05, 4.69) is 17.1 Å². The molecule has 3 rings (SSSR count). The van der Waals surface area contributed by atoms with E-state index in [9.17, 15) is 4.79 Å². The van der Waals surface area contributed by atoms with E-state index in [0.717, 1.165) is 57.4 Å². The molecular weight excluding hydrogens is 344 g/mol. The molecule has 0 aromatic carbocycles. The summed E-state index contributed by atoms with van der Waals surface area (Å²) >= 11 is 0. The molecule has 7 nitrogen and oxygen atoms in total. The van der Waals surface area contributed by atoms with Gasteiger partial charge in [-0.25, -0.2) is 0 Å². The molecule has 3 heterocycles. The van der Waals surface area contributed by atoms with Crippen molar-refractivity contribution in [2.45, 2.75) is 52.2 Å². The van der Waals surface area contributed by atoms with E-state index in [4.69, 9.17) is 14.6 Å². The van der Waals surface area contributed by atoms with Crippen molar-refractivity contribution in [2.24, 2.45) is 5.92 Å². The number of methoxy groups -OCH3 is 1. The Morgan fingerprint density at radius 1 is 1.41 bits per heavy atom. The molecule has 1 fully saturated rings. The molecule has 0 bridgehead atoms. The van der Waals surface area contributed by atoms with Gasteiger partial charge in [0.25, 0.3) is 0 Å². The normalized spacial score (nSPS) is 20.4. The number of hydrogen-bond acceptors (Lipinski definition) is 5. The van der Waals surface area contributed by atoms with E-state index in [0.29, 0.717) is 26.1 Å². The molecule has 0 spiro atoms. The van der Waals surface area contributed by atoms with Gasteiger partial charge in [0, 0.05) is 57.3 Å². The molecule has 1 aromatic heterocycles. The fourth-order valence-corrected chi connectivity index (χ4v) is 4.11. The van der Waals surface area contributed by atoms with Crippen molar-refractivity contribution in [3.05, 3.63) is 17.0 Å². The highest BCUT2D eigenvalue weighted by atomic mass is 16.5. The maximum absolute atomic E-state index is 12.3. The average Bonchev–Trinajstić information content (AvgIpc) is 3.03. The fourth-order valence-electron chi connectivity index (χ4n) is 4.11. The van der Waals surface area contributed by atoms with Crippen LogP contribution in [0.3, 0.4) is 0 Å². The van der Waals surface area contributed by atoms with Crippen molar-refractivity contribution in [3.63, 3.8) is 0 Å². The van der Waals surface area contributed by atoms with Gasteiger partial charge in [-0.15, -0.1) is 0 Å². The number of nitrogens with one attached hydrogen (secondary N) is 1. The van der Waals surface area contributed by atoms with Crippen LogP contribution in [0.1, 0.15) is 43.1 Å². The number of aromatic nitrogens is 2. The van der Waals surface area contributed by atoms with Crippen LogP contribution in [0.4, 0.5) is 0 Å². The monoisotopic (exact) mass is 378 g/mol. The maximum Gasteiger partial charge on any atom is 0.220 e. The summed E-state index contributed by atoms with van der Waals surface area (Å²) in [5.74, 6) is 0.882. The van der Waals surface area contributed by atoms with Crippen LogP contribution in [0.25, 0.3) is 0 Å². The Morgan fingerprint density at radius 2 is 2.30 bits per heavy atom. The van der Waals surface area contributed by atoms with Crippen molar-refractivity contribution < 1.29 is 14.3 Å². The van der Waals surface area contributed by atoms with Gasteiger partial charge in [-0.3, -0.25) is 9.48 Å². The average molecular weight is 379 g/mol. The molecule has 1 atom stereocenters. The quantitative estimate of drug-likeness (QED) is 0.703. The van der Waals surface area contributed by atoms with Gasteiger partial charge in [0.2, 0.25) is 5.91 Å². The first kappa shape index (κ1) is 20.3. The Labute approximate surface area is 162 Å². The van der Waals surface area contributed by atoms with Crippen LogP contribution in [-0.2, 0) is 40.3 Å². The van der Waals surface area contributed by atoms with Crippen LogP contribution in [-0.4, -0.2) is 67.1 Å². The third-order valence-corrected chi connectivity index (χ3v) is 5.57. The Hall–Kier alpha value is -1.44. The van der Waals surface area contributed by atoms with Gasteiger partial charge < -0.3 is 19.7 Å². The first-order valence-electron chi connectivity index (χ1n) is 10.3. The second-order valence-electron chi connectivity index (χ2n) is 7.79. The Morgan fingerprint density at radius 3 is 3.11 bits per heavy atom. The molecule has 1 N–H and O–H groups in total. The zero-order valence-electron chi connectivity index (χ0n) is 16.8. The van der Waals surface area contributed by atoms with Gasteiger partial charge in [-0.05, 0) is 25.3 Å². The first-order chi connectivity index (χ1) is 13.2. The molecular formula is C20H34N4O3. The molecule has 1 saturated heterocycles. The molecule has 1 amide bonds. The lowest BCUT2D eigenvalue weighted by Gasteiger charge is -2.30. The van der Waals surface area contributed by atoms with Crippen LogP contribution in [0, 0.1) is 5.92 Å². The summed E-state index contributed by atoms with van der Waals surface area (Å²) in [6, 6.07) is 0. The summed E-state index contributed by atoms with van der Waals surface area (Å²) in [7, 11) is 1.70. The molecule has 27 heavy (non-hydrogen) atoms. The number of fused-ring (bicyclic) bond motifs is 1. The van der Waals surface area contributed by atoms with Crippen LogP contribution in [0.15, 0.2) is 0 Å². The van der Waals surface area contributed by atoms with E-state index < -0.39 is 0 Å². The highest BCUT2D eigenvalue weighted by Crippen LogP contribution is 2.22. The zero-order chi connectivity index (χ0) is 19.1. The Balaban J connectivity index is 1.45. The van der Waals surface area contributed by atoms with Gasteiger partial charge in [0.1, 0.15) is 0 Å². The van der Waals surface area contributed by atoms with Crippen LogP contribution in [0.2, 0.25) is 0 Å². The summed E-state index contributed by atoms with van der Waals surface area (Å²) in [6.45, 7) is 9.03. The highest BCUT2D eigenvalue weighted by molar-refractivity contribution is 5.76. The molecule has 152 valence electrons. The van der Waals surface area contributed by atoms with Gasteiger partial charge in [-0.1, -0.05) is 6.92 Å². The molecule has 0 radical (unpaired) electrons. The van der Waals surface area contributed by atoms with Gasteiger partial charge >= 0.3 is 0 Å². The molecule has 1 unspecified atom stereocenters. The number of amides is 1. The number of rotatable bonds is 9. The molecule has 0 saturated carbocycles.